The highest BCUT2D eigenvalue weighted by atomic mass is 16.3. The molecule has 0 aromatic heterocycles. The molecule has 1 nitrogen and oxygen atoms in total. The Kier molecular flexibility index (Phi) is 4.22. The number of aliphatic hydroxyl groups excluding tert-OH is 1. The molecule has 2 fully saturated rings. The summed E-state index contributed by atoms with van der Waals surface area (Å²) >= 11 is 0. The Bertz CT molecular complexity index is 402. The summed E-state index contributed by atoms with van der Waals surface area (Å²) < 4.78 is 0. The molecule has 2 saturated carbocycles. The maximum atomic E-state index is 10.4. The molecule has 0 aliphatic heterocycles. The Morgan fingerprint density at radius 1 is 1.05 bits per heavy atom. The van der Waals surface area contributed by atoms with Crippen molar-refractivity contribution in [2.24, 2.45) is 5.92 Å². The average Bonchev–Trinajstić information content (AvgIpc) is 2.87. The minimum absolute atomic E-state index is 0.249. The van der Waals surface area contributed by atoms with E-state index in [2.05, 4.69) is 24.3 Å². The Hall–Kier alpha value is -0.820. The highest BCUT2D eigenvalue weighted by Crippen LogP contribution is 2.37. The molecule has 2 aliphatic rings. The predicted molar refractivity (Wildman–Crippen MR) is 79.2 cm³/mol. The molecule has 19 heavy (non-hydrogen) atoms. The maximum absolute atomic E-state index is 10.4. The molecule has 1 unspecified atom stereocenters. The largest absolute Gasteiger partial charge is 0.388 e. The van der Waals surface area contributed by atoms with Crippen LogP contribution >= 0.6 is 0 Å². The lowest BCUT2D eigenvalue weighted by Crippen LogP contribution is -2.09. The van der Waals surface area contributed by atoms with E-state index in [1.807, 2.05) is 0 Å². The Morgan fingerprint density at radius 2 is 1.84 bits per heavy atom. The number of rotatable bonds is 5. The zero-order valence-corrected chi connectivity index (χ0v) is 11.9. The summed E-state index contributed by atoms with van der Waals surface area (Å²) in [5.41, 5.74) is 2.59. The summed E-state index contributed by atoms with van der Waals surface area (Å²) in [4.78, 5) is 0. The highest BCUT2D eigenvalue weighted by molar-refractivity contribution is 5.29. The quantitative estimate of drug-likeness (QED) is 0.791. The molecule has 0 amide bonds. The minimum atomic E-state index is -0.249. The van der Waals surface area contributed by atoms with Gasteiger partial charge < -0.3 is 5.11 Å². The van der Waals surface area contributed by atoms with Crippen molar-refractivity contribution in [2.75, 3.05) is 0 Å². The molecule has 0 heterocycles. The molecule has 104 valence electrons. The molecule has 1 aromatic carbocycles. The van der Waals surface area contributed by atoms with Crippen LogP contribution < -0.4 is 0 Å². The topological polar surface area (TPSA) is 20.2 Å². The zero-order chi connectivity index (χ0) is 13.1. The van der Waals surface area contributed by atoms with Crippen molar-refractivity contribution in [1.82, 2.24) is 0 Å². The van der Waals surface area contributed by atoms with Crippen molar-refractivity contribution in [3.63, 3.8) is 0 Å². The first-order valence-electron chi connectivity index (χ1n) is 8.11. The van der Waals surface area contributed by atoms with E-state index < -0.39 is 0 Å². The van der Waals surface area contributed by atoms with Crippen LogP contribution in [0.5, 0.6) is 0 Å². The van der Waals surface area contributed by atoms with Gasteiger partial charge in [-0.25, -0.2) is 0 Å². The van der Waals surface area contributed by atoms with Crippen molar-refractivity contribution in [1.29, 1.82) is 0 Å². The minimum Gasteiger partial charge on any atom is -0.388 e. The smallest absolute Gasteiger partial charge is 0.0790 e. The molecule has 1 atom stereocenters. The lowest BCUT2D eigenvalue weighted by atomic mass is 9.79. The summed E-state index contributed by atoms with van der Waals surface area (Å²) in [5.74, 6) is 1.64. The standard InChI is InChI=1S/C18H26O/c19-18(12-11-14-5-1-2-6-14)17-10-4-9-16(13-17)15-7-3-8-15/h4,9-10,13-15,18-19H,1-3,5-8,11-12H2. The molecule has 3 rings (SSSR count). The van der Waals surface area contributed by atoms with Crippen molar-refractivity contribution in [3.05, 3.63) is 35.4 Å². The van der Waals surface area contributed by atoms with Crippen molar-refractivity contribution < 1.29 is 5.11 Å². The molecule has 0 saturated heterocycles. The van der Waals surface area contributed by atoms with E-state index in [-0.39, 0.29) is 6.10 Å². The maximum Gasteiger partial charge on any atom is 0.0790 e. The van der Waals surface area contributed by atoms with Crippen LogP contribution in [0.1, 0.15) is 80.9 Å². The van der Waals surface area contributed by atoms with Gasteiger partial charge in [0.15, 0.2) is 0 Å². The van der Waals surface area contributed by atoms with E-state index in [0.29, 0.717) is 0 Å². The molecule has 0 bridgehead atoms. The second-order valence-electron chi connectivity index (χ2n) is 6.54. The molecule has 0 radical (unpaired) electrons. The highest BCUT2D eigenvalue weighted by Gasteiger charge is 2.21. The molecule has 1 heteroatoms. The van der Waals surface area contributed by atoms with Crippen LogP contribution in [-0.2, 0) is 0 Å². The first-order valence-corrected chi connectivity index (χ1v) is 8.11. The van der Waals surface area contributed by atoms with Gasteiger partial charge in [-0.05, 0) is 48.6 Å². The van der Waals surface area contributed by atoms with Crippen LogP contribution in [0.4, 0.5) is 0 Å². The van der Waals surface area contributed by atoms with Gasteiger partial charge in [-0.3, -0.25) is 0 Å². The number of hydrogen-bond acceptors (Lipinski definition) is 1. The van der Waals surface area contributed by atoms with Gasteiger partial charge in [0.2, 0.25) is 0 Å². The van der Waals surface area contributed by atoms with Gasteiger partial charge in [-0.2, -0.15) is 0 Å². The van der Waals surface area contributed by atoms with E-state index in [9.17, 15) is 5.11 Å². The second-order valence-corrected chi connectivity index (χ2v) is 6.54. The van der Waals surface area contributed by atoms with E-state index in [0.717, 1.165) is 23.8 Å². The summed E-state index contributed by atoms with van der Waals surface area (Å²) in [5, 5.41) is 10.4. The third kappa shape index (κ3) is 3.20. The number of aliphatic hydroxyl groups is 1. The second kappa shape index (κ2) is 6.09. The SMILES string of the molecule is OC(CCC1CCCC1)c1cccc(C2CCC2)c1. The van der Waals surface area contributed by atoms with Gasteiger partial charge in [0.1, 0.15) is 0 Å². The lowest BCUT2D eigenvalue weighted by molar-refractivity contribution is 0.157. The zero-order valence-electron chi connectivity index (χ0n) is 11.9. The van der Waals surface area contributed by atoms with Crippen LogP contribution in [0.25, 0.3) is 0 Å². The summed E-state index contributed by atoms with van der Waals surface area (Å²) in [6, 6.07) is 8.71. The third-order valence-corrected chi connectivity index (χ3v) is 5.20. The Labute approximate surface area is 117 Å². The fraction of sp³-hybridized carbons (Fsp3) is 0.667. The fourth-order valence-corrected chi connectivity index (χ4v) is 3.62. The van der Waals surface area contributed by atoms with Crippen molar-refractivity contribution >= 4 is 0 Å². The van der Waals surface area contributed by atoms with Gasteiger partial charge in [0, 0.05) is 0 Å². The van der Waals surface area contributed by atoms with Crippen LogP contribution in [0.3, 0.4) is 0 Å². The van der Waals surface area contributed by atoms with Gasteiger partial charge >= 0.3 is 0 Å². The molecule has 0 spiro atoms. The first-order chi connectivity index (χ1) is 9.33. The van der Waals surface area contributed by atoms with E-state index >= 15 is 0 Å². The van der Waals surface area contributed by atoms with Crippen molar-refractivity contribution in [2.45, 2.75) is 69.8 Å². The summed E-state index contributed by atoms with van der Waals surface area (Å²) in [7, 11) is 0. The molecular weight excluding hydrogens is 232 g/mol. The molecular formula is C18H26O. The van der Waals surface area contributed by atoms with Crippen molar-refractivity contribution in [3.8, 4) is 0 Å². The molecule has 1 N–H and O–H groups in total. The number of hydrogen-bond donors (Lipinski definition) is 1. The van der Waals surface area contributed by atoms with Gasteiger partial charge in [0.05, 0.1) is 6.10 Å². The first kappa shape index (κ1) is 13.2. The normalized spacial score (nSPS) is 22.4. The van der Waals surface area contributed by atoms with Gasteiger partial charge in [0.25, 0.3) is 0 Å². The number of benzene rings is 1. The van der Waals surface area contributed by atoms with Crippen LogP contribution in [0.2, 0.25) is 0 Å². The fourth-order valence-electron chi connectivity index (χ4n) is 3.62. The lowest BCUT2D eigenvalue weighted by Gasteiger charge is -2.26. The monoisotopic (exact) mass is 258 g/mol. The average molecular weight is 258 g/mol. The predicted octanol–water partition coefficient (Wildman–Crippen LogP) is 4.96. The third-order valence-electron chi connectivity index (χ3n) is 5.20. The van der Waals surface area contributed by atoms with Gasteiger partial charge in [-0.15, -0.1) is 0 Å². The van der Waals surface area contributed by atoms with Crippen LogP contribution in [0.15, 0.2) is 24.3 Å². The Morgan fingerprint density at radius 3 is 2.53 bits per heavy atom. The van der Waals surface area contributed by atoms with E-state index in [1.165, 1.54) is 56.9 Å². The van der Waals surface area contributed by atoms with Crippen LogP contribution in [-0.4, -0.2) is 5.11 Å². The van der Waals surface area contributed by atoms with Crippen LogP contribution in [0, 0.1) is 5.92 Å². The summed E-state index contributed by atoms with van der Waals surface area (Å²) in [6.45, 7) is 0. The summed E-state index contributed by atoms with van der Waals surface area (Å²) in [6.07, 6.45) is 11.5. The van der Waals surface area contributed by atoms with E-state index in [4.69, 9.17) is 0 Å². The van der Waals surface area contributed by atoms with E-state index in [1.54, 1.807) is 0 Å². The van der Waals surface area contributed by atoms with Gasteiger partial charge in [-0.1, -0.05) is 56.4 Å². The Balaban J connectivity index is 1.57. The molecule has 2 aliphatic carbocycles. The molecule has 1 aromatic rings.